The van der Waals surface area contributed by atoms with Gasteiger partial charge in [0, 0.05) is 18.7 Å². The zero-order valence-electron chi connectivity index (χ0n) is 14.9. The Labute approximate surface area is 146 Å². The minimum Gasteiger partial charge on any atom is -0.492 e. The molecule has 0 fully saturated rings. The number of likely N-dealkylation sites (N-methyl/N-ethyl adjacent to an activating group) is 1. The number of nitrogens with zero attached hydrogens (tertiary/aromatic N) is 5. The first-order valence-corrected chi connectivity index (χ1v) is 8.70. The van der Waals surface area contributed by atoms with Crippen molar-refractivity contribution in [3.8, 4) is 17.2 Å². The van der Waals surface area contributed by atoms with Crippen LogP contribution in [0.25, 0.3) is 0 Å². The number of aryl methyl sites for hydroxylation is 1. The fraction of sp³-hybridized carbons (Fsp3) is 0.588. The van der Waals surface area contributed by atoms with E-state index in [1.807, 2.05) is 4.68 Å². The van der Waals surface area contributed by atoms with Gasteiger partial charge in [0.1, 0.15) is 6.04 Å². The molecule has 0 unspecified atom stereocenters. The van der Waals surface area contributed by atoms with Gasteiger partial charge >= 0.3 is 0 Å². The van der Waals surface area contributed by atoms with Gasteiger partial charge in [-0.3, -0.25) is 4.90 Å². The summed E-state index contributed by atoms with van der Waals surface area (Å²) in [5.41, 5.74) is 2.28. The summed E-state index contributed by atoms with van der Waals surface area (Å²) in [7, 11) is 3.76. The van der Waals surface area contributed by atoms with E-state index in [2.05, 4.69) is 40.5 Å². The monoisotopic (exact) mass is 345 g/mol. The van der Waals surface area contributed by atoms with Gasteiger partial charge in [0.15, 0.2) is 17.3 Å². The van der Waals surface area contributed by atoms with E-state index >= 15 is 0 Å². The third-order valence-electron chi connectivity index (χ3n) is 4.92. The van der Waals surface area contributed by atoms with Crippen molar-refractivity contribution >= 4 is 0 Å². The Bertz CT molecular complexity index is 776. The average molecular weight is 345 g/mol. The van der Waals surface area contributed by atoms with Crippen LogP contribution in [0.1, 0.15) is 42.8 Å². The first kappa shape index (κ1) is 16.1. The van der Waals surface area contributed by atoms with Gasteiger partial charge in [-0.25, -0.2) is 4.68 Å². The highest BCUT2D eigenvalue weighted by molar-refractivity contribution is 5.62. The van der Waals surface area contributed by atoms with Crippen molar-refractivity contribution in [2.45, 2.75) is 38.8 Å². The van der Waals surface area contributed by atoms with Crippen LogP contribution in [0.3, 0.4) is 0 Å². The van der Waals surface area contributed by atoms with Crippen LogP contribution in [0.15, 0.2) is 6.07 Å². The molecule has 1 aromatic heterocycles. The van der Waals surface area contributed by atoms with Crippen LogP contribution in [0.5, 0.6) is 17.2 Å². The predicted octanol–water partition coefficient (Wildman–Crippen LogP) is 1.79. The van der Waals surface area contributed by atoms with Gasteiger partial charge in [-0.05, 0) is 41.9 Å². The van der Waals surface area contributed by atoms with Gasteiger partial charge in [-0.15, -0.1) is 5.10 Å². The molecule has 2 aliphatic rings. The summed E-state index contributed by atoms with van der Waals surface area (Å²) in [6, 6.07) is 2.00. The van der Waals surface area contributed by atoms with Gasteiger partial charge in [-0.2, -0.15) is 0 Å². The number of rotatable bonds is 5. The SMILES string of the molecule is CCCCn1nnnc1[C@@H]1c2c(cc3c(c2OC)OCO3)CCN1C. The quantitative estimate of drug-likeness (QED) is 0.818. The van der Waals surface area contributed by atoms with Crippen molar-refractivity contribution < 1.29 is 14.2 Å². The lowest BCUT2D eigenvalue weighted by atomic mass is 9.90. The van der Waals surface area contributed by atoms with Crippen molar-refractivity contribution in [3.63, 3.8) is 0 Å². The van der Waals surface area contributed by atoms with Crippen molar-refractivity contribution in [2.24, 2.45) is 0 Å². The fourth-order valence-electron chi connectivity index (χ4n) is 3.63. The highest BCUT2D eigenvalue weighted by Gasteiger charge is 2.37. The maximum absolute atomic E-state index is 5.74. The number of tetrazole rings is 1. The largest absolute Gasteiger partial charge is 0.492 e. The van der Waals surface area contributed by atoms with Crippen molar-refractivity contribution in [1.29, 1.82) is 0 Å². The number of aromatic nitrogens is 4. The summed E-state index contributed by atoms with van der Waals surface area (Å²) < 4.78 is 18.9. The van der Waals surface area contributed by atoms with Crippen LogP contribution in [0.4, 0.5) is 0 Å². The maximum atomic E-state index is 5.74. The number of hydrogen-bond acceptors (Lipinski definition) is 7. The third kappa shape index (κ3) is 2.60. The van der Waals surface area contributed by atoms with Crippen LogP contribution in [-0.2, 0) is 13.0 Å². The molecule has 0 saturated heterocycles. The third-order valence-corrected chi connectivity index (χ3v) is 4.92. The van der Waals surface area contributed by atoms with Gasteiger partial charge in [0.05, 0.1) is 7.11 Å². The molecule has 0 aliphatic carbocycles. The maximum Gasteiger partial charge on any atom is 0.231 e. The zero-order chi connectivity index (χ0) is 17.4. The molecule has 0 amide bonds. The summed E-state index contributed by atoms with van der Waals surface area (Å²) in [4.78, 5) is 2.27. The minimum absolute atomic E-state index is 0.0694. The van der Waals surface area contributed by atoms with E-state index in [1.54, 1.807) is 7.11 Å². The van der Waals surface area contributed by atoms with Gasteiger partial charge in [0.25, 0.3) is 0 Å². The zero-order valence-corrected chi connectivity index (χ0v) is 14.9. The second-order valence-electron chi connectivity index (χ2n) is 6.46. The highest BCUT2D eigenvalue weighted by Crippen LogP contribution is 2.50. The summed E-state index contributed by atoms with van der Waals surface area (Å²) in [6.07, 6.45) is 3.06. The molecule has 3 heterocycles. The number of fused-ring (bicyclic) bond motifs is 2. The summed E-state index contributed by atoms with van der Waals surface area (Å²) in [5.74, 6) is 3.00. The Balaban J connectivity index is 1.85. The number of hydrogen-bond donors (Lipinski definition) is 0. The van der Waals surface area contributed by atoms with E-state index < -0.39 is 0 Å². The molecule has 4 rings (SSSR count). The molecule has 0 N–H and O–H groups in total. The summed E-state index contributed by atoms with van der Waals surface area (Å²) in [5, 5.41) is 12.5. The molecule has 8 heteroatoms. The van der Waals surface area contributed by atoms with Crippen LogP contribution in [0, 0.1) is 0 Å². The molecule has 2 aliphatic heterocycles. The lowest BCUT2D eigenvalue weighted by molar-refractivity contribution is 0.170. The number of benzene rings is 1. The topological polar surface area (TPSA) is 74.5 Å². The van der Waals surface area contributed by atoms with Crippen LogP contribution in [0.2, 0.25) is 0 Å². The molecule has 0 spiro atoms. The van der Waals surface area contributed by atoms with Crippen LogP contribution >= 0.6 is 0 Å². The van der Waals surface area contributed by atoms with Crippen molar-refractivity contribution in [2.75, 3.05) is 27.5 Å². The molecule has 1 atom stereocenters. The molecule has 8 nitrogen and oxygen atoms in total. The van der Waals surface area contributed by atoms with E-state index in [-0.39, 0.29) is 12.8 Å². The molecule has 2 aromatic rings. The molecule has 0 saturated carbocycles. The standard InChI is InChI=1S/C17H23N5O3/c1-4-5-7-22-17(18-19-20-22)14-13-11(6-8-21(14)2)9-12-15(16(13)23-3)25-10-24-12/h9,14H,4-8,10H2,1-3H3/t14-/m0/s1. The minimum atomic E-state index is -0.0694. The van der Waals surface area contributed by atoms with Crippen LogP contribution in [-0.4, -0.2) is 52.6 Å². The van der Waals surface area contributed by atoms with Crippen molar-refractivity contribution in [1.82, 2.24) is 25.1 Å². The first-order chi connectivity index (χ1) is 12.2. The molecule has 25 heavy (non-hydrogen) atoms. The number of methoxy groups -OCH3 is 1. The smallest absolute Gasteiger partial charge is 0.231 e. The van der Waals surface area contributed by atoms with Gasteiger partial charge in [0.2, 0.25) is 12.5 Å². The normalized spacial score (nSPS) is 19.1. The molecule has 0 bridgehead atoms. The molecular formula is C17H23N5O3. The fourth-order valence-corrected chi connectivity index (χ4v) is 3.63. The van der Waals surface area contributed by atoms with Crippen molar-refractivity contribution in [3.05, 3.63) is 23.0 Å². The highest BCUT2D eigenvalue weighted by atomic mass is 16.7. The predicted molar refractivity (Wildman–Crippen MR) is 90.0 cm³/mol. The van der Waals surface area contributed by atoms with E-state index in [0.717, 1.165) is 55.2 Å². The number of ether oxygens (including phenoxy) is 3. The van der Waals surface area contributed by atoms with Gasteiger partial charge in [-0.1, -0.05) is 13.3 Å². The summed E-state index contributed by atoms with van der Waals surface area (Å²) in [6.45, 7) is 4.12. The van der Waals surface area contributed by atoms with E-state index in [0.29, 0.717) is 5.75 Å². The van der Waals surface area contributed by atoms with E-state index in [1.165, 1.54) is 5.56 Å². The second-order valence-corrected chi connectivity index (χ2v) is 6.46. The van der Waals surface area contributed by atoms with E-state index in [9.17, 15) is 0 Å². The summed E-state index contributed by atoms with van der Waals surface area (Å²) >= 11 is 0. The van der Waals surface area contributed by atoms with Crippen LogP contribution < -0.4 is 14.2 Å². The Morgan fingerprint density at radius 3 is 3.04 bits per heavy atom. The molecule has 0 radical (unpaired) electrons. The van der Waals surface area contributed by atoms with E-state index in [4.69, 9.17) is 14.2 Å². The molecular weight excluding hydrogens is 322 g/mol. The molecule has 1 aromatic carbocycles. The Morgan fingerprint density at radius 1 is 1.36 bits per heavy atom. The lowest BCUT2D eigenvalue weighted by Crippen LogP contribution is -2.35. The Morgan fingerprint density at radius 2 is 2.24 bits per heavy atom. The Hall–Kier alpha value is -2.35. The Kier molecular flexibility index (Phi) is 4.20. The number of unbranched alkanes of at least 4 members (excludes halogenated alkanes) is 1. The first-order valence-electron chi connectivity index (χ1n) is 8.70. The second kappa shape index (κ2) is 6.51. The average Bonchev–Trinajstić information content (AvgIpc) is 3.27. The molecule has 134 valence electrons. The lowest BCUT2D eigenvalue weighted by Gasteiger charge is -2.34. The van der Waals surface area contributed by atoms with Gasteiger partial charge < -0.3 is 14.2 Å².